The molecule has 0 radical (unpaired) electrons. The van der Waals surface area contributed by atoms with Crippen molar-refractivity contribution in [3.8, 4) is 0 Å². The molecule has 148 valence electrons. The Morgan fingerprint density at radius 2 is 2.11 bits per heavy atom. The van der Waals surface area contributed by atoms with Crippen molar-refractivity contribution in [1.29, 1.82) is 0 Å². The van der Waals surface area contributed by atoms with Gasteiger partial charge in [0.2, 0.25) is 0 Å². The lowest BCUT2D eigenvalue weighted by molar-refractivity contribution is -0.182. The number of halogens is 1. The van der Waals surface area contributed by atoms with Crippen molar-refractivity contribution in [2.45, 2.75) is 56.5 Å². The summed E-state index contributed by atoms with van der Waals surface area (Å²) in [4.78, 5) is 4.29. The molecule has 1 saturated heterocycles. The number of hydrogen-bond donors (Lipinski definition) is 1. The van der Waals surface area contributed by atoms with Crippen LogP contribution in [0.1, 0.15) is 51.0 Å². The van der Waals surface area contributed by atoms with Crippen LogP contribution in [0.4, 0.5) is 0 Å². The number of benzene rings is 1. The van der Waals surface area contributed by atoms with Crippen LogP contribution in [-0.2, 0) is 20.5 Å². The van der Waals surface area contributed by atoms with Gasteiger partial charge in [-0.25, -0.2) is 4.21 Å². The van der Waals surface area contributed by atoms with Crippen LogP contribution in [0.15, 0.2) is 30.6 Å². The highest BCUT2D eigenvalue weighted by Crippen LogP contribution is 2.38. The van der Waals surface area contributed by atoms with Gasteiger partial charge in [0.1, 0.15) is 0 Å². The SMILES string of the molecule is CC(C)(C[C@H](CCC1OCCCO1)c1cc(Cl)cc2ccncc12)S(N)=O. The van der Waals surface area contributed by atoms with Crippen molar-refractivity contribution < 1.29 is 13.7 Å². The summed E-state index contributed by atoms with van der Waals surface area (Å²) in [7, 11) is -1.43. The van der Waals surface area contributed by atoms with Crippen LogP contribution in [0.5, 0.6) is 0 Å². The molecule has 27 heavy (non-hydrogen) atoms. The zero-order valence-electron chi connectivity index (χ0n) is 15.8. The van der Waals surface area contributed by atoms with E-state index in [1.807, 2.05) is 38.2 Å². The highest BCUT2D eigenvalue weighted by molar-refractivity contribution is 7.84. The molecule has 2 atom stereocenters. The van der Waals surface area contributed by atoms with E-state index in [2.05, 4.69) is 4.98 Å². The third-order valence-electron chi connectivity index (χ3n) is 5.12. The highest BCUT2D eigenvalue weighted by Gasteiger charge is 2.30. The number of pyridine rings is 1. The molecule has 2 N–H and O–H groups in total. The van der Waals surface area contributed by atoms with Gasteiger partial charge >= 0.3 is 0 Å². The second kappa shape index (κ2) is 8.97. The molecule has 1 aromatic carbocycles. The molecule has 1 unspecified atom stereocenters. The largest absolute Gasteiger partial charge is 0.353 e. The van der Waals surface area contributed by atoms with Crippen LogP contribution >= 0.6 is 11.6 Å². The Morgan fingerprint density at radius 3 is 2.81 bits per heavy atom. The third-order valence-corrected chi connectivity index (χ3v) is 6.60. The summed E-state index contributed by atoms with van der Waals surface area (Å²) < 4.78 is 23.0. The number of ether oxygens (including phenoxy) is 2. The quantitative estimate of drug-likeness (QED) is 0.738. The average Bonchev–Trinajstić information content (AvgIpc) is 2.65. The zero-order valence-corrected chi connectivity index (χ0v) is 17.4. The Balaban J connectivity index is 1.92. The monoisotopic (exact) mass is 410 g/mol. The van der Waals surface area contributed by atoms with E-state index < -0.39 is 15.7 Å². The minimum atomic E-state index is -1.43. The van der Waals surface area contributed by atoms with E-state index in [1.54, 1.807) is 6.20 Å². The summed E-state index contributed by atoms with van der Waals surface area (Å²) in [6.45, 7) is 5.35. The molecule has 7 heteroatoms. The molecular weight excluding hydrogens is 384 g/mol. The molecule has 0 bridgehead atoms. The summed E-state index contributed by atoms with van der Waals surface area (Å²) in [6, 6.07) is 5.90. The number of fused-ring (bicyclic) bond motifs is 1. The molecule has 2 aromatic rings. The van der Waals surface area contributed by atoms with Crippen molar-refractivity contribution in [3.63, 3.8) is 0 Å². The zero-order chi connectivity index (χ0) is 19.4. The second-order valence-electron chi connectivity index (χ2n) is 7.65. The smallest absolute Gasteiger partial charge is 0.157 e. The van der Waals surface area contributed by atoms with Crippen LogP contribution in [-0.4, -0.2) is 33.4 Å². The van der Waals surface area contributed by atoms with Crippen molar-refractivity contribution in [2.75, 3.05) is 13.2 Å². The summed E-state index contributed by atoms with van der Waals surface area (Å²) in [5, 5.41) is 8.56. The number of rotatable bonds is 7. The van der Waals surface area contributed by atoms with Crippen molar-refractivity contribution in [3.05, 3.63) is 41.2 Å². The first-order valence-corrected chi connectivity index (χ1v) is 10.9. The molecule has 1 fully saturated rings. The number of hydrogen-bond acceptors (Lipinski definition) is 4. The van der Waals surface area contributed by atoms with Crippen LogP contribution in [0.3, 0.4) is 0 Å². The number of nitrogens with two attached hydrogens (primary N) is 1. The Hall–Kier alpha value is -1.05. The topological polar surface area (TPSA) is 74.4 Å². The maximum Gasteiger partial charge on any atom is 0.157 e. The first kappa shape index (κ1) is 20.7. The number of aromatic nitrogens is 1. The Bertz CT molecular complexity index is 809. The Morgan fingerprint density at radius 1 is 1.37 bits per heavy atom. The molecule has 1 aliphatic heterocycles. The van der Waals surface area contributed by atoms with E-state index in [0.29, 0.717) is 11.4 Å². The maximum atomic E-state index is 12.1. The lowest BCUT2D eigenvalue weighted by Crippen LogP contribution is -2.34. The fourth-order valence-electron chi connectivity index (χ4n) is 3.61. The maximum absolute atomic E-state index is 12.1. The average molecular weight is 411 g/mol. The van der Waals surface area contributed by atoms with Gasteiger partial charge in [0.15, 0.2) is 6.29 Å². The summed E-state index contributed by atoms with van der Waals surface area (Å²) >= 11 is 6.40. The molecule has 0 saturated carbocycles. The van der Waals surface area contributed by atoms with Crippen molar-refractivity contribution in [2.24, 2.45) is 5.14 Å². The molecule has 0 aliphatic carbocycles. The lowest BCUT2D eigenvalue weighted by atomic mass is 9.84. The fourth-order valence-corrected chi connectivity index (χ4v) is 4.21. The van der Waals surface area contributed by atoms with Gasteiger partial charge in [-0.05, 0) is 74.6 Å². The second-order valence-corrected chi connectivity index (χ2v) is 9.79. The first-order chi connectivity index (χ1) is 12.9. The van der Waals surface area contributed by atoms with E-state index in [9.17, 15) is 4.21 Å². The minimum absolute atomic E-state index is 0.118. The van der Waals surface area contributed by atoms with Crippen LogP contribution in [0.25, 0.3) is 10.8 Å². The molecule has 1 aliphatic rings. The Labute approximate surface area is 168 Å². The Kier molecular flexibility index (Phi) is 6.87. The molecule has 0 amide bonds. The van der Waals surface area contributed by atoms with E-state index in [-0.39, 0.29) is 12.2 Å². The van der Waals surface area contributed by atoms with Gasteiger partial charge in [-0.2, -0.15) is 0 Å². The molecule has 5 nitrogen and oxygen atoms in total. The van der Waals surface area contributed by atoms with Gasteiger partial charge in [0, 0.05) is 22.8 Å². The van der Waals surface area contributed by atoms with E-state index in [0.717, 1.165) is 48.8 Å². The summed E-state index contributed by atoms with van der Waals surface area (Å²) in [5.41, 5.74) is 1.11. The van der Waals surface area contributed by atoms with Gasteiger partial charge in [-0.3, -0.25) is 10.1 Å². The molecule has 0 spiro atoms. The van der Waals surface area contributed by atoms with Gasteiger partial charge in [0.25, 0.3) is 0 Å². The lowest BCUT2D eigenvalue weighted by Gasteiger charge is -2.30. The minimum Gasteiger partial charge on any atom is -0.353 e. The third kappa shape index (κ3) is 5.27. The molecule has 1 aromatic heterocycles. The normalized spacial score (nSPS) is 18.5. The molecular formula is C20H27ClN2O3S. The van der Waals surface area contributed by atoms with E-state index in [4.69, 9.17) is 26.2 Å². The number of nitrogens with zero attached hydrogens (tertiary/aromatic N) is 1. The van der Waals surface area contributed by atoms with E-state index >= 15 is 0 Å². The molecule has 3 rings (SSSR count). The van der Waals surface area contributed by atoms with Crippen molar-refractivity contribution >= 4 is 33.4 Å². The fraction of sp³-hybridized carbons (Fsp3) is 0.550. The predicted molar refractivity (Wildman–Crippen MR) is 110 cm³/mol. The summed E-state index contributed by atoms with van der Waals surface area (Å²) in [5.74, 6) is 0.118. The van der Waals surface area contributed by atoms with Crippen LogP contribution in [0.2, 0.25) is 5.02 Å². The standard InChI is InChI=1S/C20H27ClN2O3S/c1-20(2,27(22)24)12-15(4-5-19-25-8-3-9-26-19)17-11-16(21)10-14-6-7-23-13-18(14)17/h6-7,10-11,13,15,19H,3-5,8-9,12,22H2,1-2H3/t15-,27?/m0/s1. The van der Waals surface area contributed by atoms with Gasteiger partial charge in [-0.15, -0.1) is 0 Å². The first-order valence-electron chi connectivity index (χ1n) is 9.29. The van der Waals surface area contributed by atoms with Gasteiger partial charge in [-0.1, -0.05) is 11.6 Å². The van der Waals surface area contributed by atoms with Gasteiger partial charge < -0.3 is 9.47 Å². The highest BCUT2D eigenvalue weighted by atomic mass is 35.5. The molecule has 2 heterocycles. The van der Waals surface area contributed by atoms with Crippen LogP contribution in [0, 0.1) is 0 Å². The van der Waals surface area contributed by atoms with Crippen molar-refractivity contribution in [1.82, 2.24) is 4.98 Å². The van der Waals surface area contributed by atoms with E-state index in [1.165, 1.54) is 0 Å². The summed E-state index contributed by atoms with van der Waals surface area (Å²) in [6.07, 6.45) is 6.66. The van der Waals surface area contributed by atoms with Crippen LogP contribution < -0.4 is 5.14 Å². The van der Waals surface area contributed by atoms with Gasteiger partial charge in [0.05, 0.1) is 28.9 Å². The predicted octanol–water partition coefficient (Wildman–Crippen LogP) is 4.31.